The van der Waals surface area contributed by atoms with Gasteiger partial charge in [0, 0.05) is 50.7 Å². The zero-order chi connectivity index (χ0) is 49.3. The molecular formula is C50H80N2O17. The fraction of sp³-hybridized carbons (Fsp3) is 0.760. The minimum Gasteiger partial charge on any atom is -0.379 e. The van der Waals surface area contributed by atoms with Gasteiger partial charge in [-0.2, -0.15) is 0 Å². The van der Waals surface area contributed by atoms with Gasteiger partial charge in [-0.1, -0.05) is 24.3 Å². The van der Waals surface area contributed by atoms with Crippen LogP contribution in [0, 0.1) is 32.1 Å². The molecule has 2 saturated carbocycles. The Balaban J connectivity index is 1.63. The van der Waals surface area contributed by atoms with Crippen LogP contribution >= 0.6 is 0 Å². The van der Waals surface area contributed by atoms with Gasteiger partial charge < -0.3 is 61.6 Å². The number of nitro benzene ring substituents is 2. The van der Waals surface area contributed by atoms with Crippen molar-refractivity contribution in [3.8, 4) is 0 Å². The highest BCUT2D eigenvalue weighted by Crippen LogP contribution is 2.47. The third kappa shape index (κ3) is 22.4. The normalized spacial score (nSPS) is 21.6. The number of non-ortho nitro benzene ring substituents is 2. The second-order valence-corrected chi connectivity index (χ2v) is 16.7. The molecule has 0 spiro atoms. The van der Waals surface area contributed by atoms with Crippen LogP contribution in [0.3, 0.4) is 0 Å². The molecule has 8 unspecified atom stereocenters. The van der Waals surface area contributed by atoms with Crippen LogP contribution in [-0.2, 0) is 61.6 Å². The highest BCUT2D eigenvalue weighted by molar-refractivity contribution is 5.37. The van der Waals surface area contributed by atoms with Crippen molar-refractivity contribution in [1.29, 1.82) is 0 Å². The molecule has 0 heterocycles. The Labute approximate surface area is 408 Å². The standard InChI is InChI=1S/C50H80N2O17/c1-5-57-19-23-61-27-31-65-45-17-15-41(37-47(45)67-33-29-63-25-21-59-7-3)49(39-11-9-13-43(35-39)51(53)54)69-50(40-12-10-14-44(36-40)52(55)56)42-16-18-46(66-32-28-62-24-20-58-6-2)48(38-42)68-34-30-64-26-22-60-8-4/h9-14,35-36,41-42,45-50H,5-8,15-34,37-38H2,1-4H3. The SMILES string of the molecule is CCOCCOCCOC1CCC(C(OC(c2cccc([N+](=O)[O-])c2)C2CCC(OCCOCCOCC)C(OCCOCCOCC)C2)c2cccc([N+](=O)[O-])c2)CC1OCCOCCOCC. The minimum absolute atomic E-state index is 0.0668. The average Bonchev–Trinajstić information content (AvgIpc) is 3.36. The van der Waals surface area contributed by atoms with Crippen molar-refractivity contribution in [1.82, 2.24) is 0 Å². The zero-order valence-electron chi connectivity index (χ0n) is 41.5. The summed E-state index contributed by atoms with van der Waals surface area (Å²) in [6, 6.07) is 13.1. The molecular weight excluding hydrogens is 901 g/mol. The van der Waals surface area contributed by atoms with E-state index in [1.807, 2.05) is 39.8 Å². The van der Waals surface area contributed by atoms with E-state index in [4.69, 9.17) is 61.6 Å². The summed E-state index contributed by atoms with van der Waals surface area (Å²) in [7, 11) is 0. The first-order valence-electron chi connectivity index (χ1n) is 25.0. The number of hydrogen-bond acceptors (Lipinski definition) is 17. The van der Waals surface area contributed by atoms with E-state index < -0.39 is 22.1 Å². The molecule has 19 heteroatoms. The Bertz CT molecular complexity index is 1540. The first kappa shape index (κ1) is 58.3. The Kier molecular flexibility index (Phi) is 30.2. The van der Waals surface area contributed by atoms with E-state index >= 15 is 0 Å². The van der Waals surface area contributed by atoms with Crippen molar-refractivity contribution in [3.05, 3.63) is 79.9 Å². The summed E-state index contributed by atoms with van der Waals surface area (Å²) in [5.41, 5.74) is 1.12. The van der Waals surface area contributed by atoms with E-state index in [2.05, 4.69) is 0 Å². The molecule has 2 aromatic rings. The van der Waals surface area contributed by atoms with Gasteiger partial charge in [0.05, 0.1) is 152 Å². The molecule has 0 aliphatic heterocycles. The van der Waals surface area contributed by atoms with E-state index in [-0.39, 0.29) is 47.6 Å². The van der Waals surface area contributed by atoms with Crippen LogP contribution in [0.4, 0.5) is 11.4 Å². The minimum atomic E-state index is -0.675. The molecule has 0 aromatic heterocycles. The largest absolute Gasteiger partial charge is 0.379 e. The smallest absolute Gasteiger partial charge is 0.269 e. The second kappa shape index (κ2) is 35.8. The number of nitrogens with zero attached hydrogens (tertiary/aromatic N) is 2. The first-order chi connectivity index (χ1) is 33.8. The van der Waals surface area contributed by atoms with E-state index in [1.54, 1.807) is 24.3 Å². The van der Waals surface area contributed by atoms with Crippen LogP contribution in [0.1, 0.15) is 89.6 Å². The van der Waals surface area contributed by atoms with Crippen molar-refractivity contribution < 1.29 is 71.4 Å². The number of benzene rings is 2. The van der Waals surface area contributed by atoms with Gasteiger partial charge in [0.1, 0.15) is 0 Å². The van der Waals surface area contributed by atoms with E-state index in [0.29, 0.717) is 182 Å². The van der Waals surface area contributed by atoms with E-state index in [9.17, 15) is 20.2 Å². The molecule has 2 fully saturated rings. The lowest BCUT2D eigenvalue weighted by molar-refractivity contribution is -0.385. The number of rotatable bonds is 40. The van der Waals surface area contributed by atoms with Crippen LogP contribution in [0.5, 0.6) is 0 Å². The van der Waals surface area contributed by atoms with Crippen LogP contribution in [0.15, 0.2) is 48.5 Å². The van der Waals surface area contributed by atoms with Gasteiger partial charge in [-0.25, -0.2) is 0 Å². The summed E-state index contributed by atoms with van der Waals surface area (Å²) in [6.45, 7) is 16.9. The molecule has 392 valence electrons. The van der Waals surface area contributed by atoms with E-state index in [0.717, 1.165) is 0 Å². The summed E-state index contributed by atoms with van der Waals surface area (Å²) >= 11 is 0. The third-order valence-electron chi connectivity index (χ3n) is 12.1. The topological polar surface area (TPSA) is 206 Å². The molecule has 2 aliphatic rings. The molecule has 2 aliphatic carbocycles. The number of hydrogen-bond donors (Lipinski definition) is 0. The van der Waals surface area contributed by atoms with Crippen molar-refractivity contribution in [3.63, 3.8) is 0 Å². The lowest BCUT2D eigenvalue weighted by Gasteiger charge is -2.43. The Hall–Kier alpha value is -3.28. The average molecular weight is 981 g/mol. The zero-order valence-corrected chi connectivity index (χ0v) is 41.5. The monoisotopic (exact) mass is 981 g/mol. The van der Waals surface area contributed by atoms with Gasteiger partial charge in [-0.15, -0.1) is 0 Å². The Morgan fingerprint density at radius 3 is 1.06 bits per heavy atom. The molecule has 8 atom stereocenters. The number of nitro groups is 2. The molecule has 0 N–H and O–H groups in total. The van der Waals surface area contributed by atoms with Crippen LogP contribution in [-0.4, -0.2) is 166 Å². The first-order valence-corrected chi connectivity index (χ1v) is 25.0. The maximum absolute atomic E-state index is 12.2. The van der Waals surface area contributed by atoms with Crippen molar-refractivity contribution in [2.24, 2.45) is 11.8 Å². The van der Waals surface area contributed by atoms with Gasteiger partial charge in [0.2, 0.25) is 0 Å². The molecule has 0 bridgehead atoms. The lowest BCUT2D eigenvalue weighted by Crippen LogP contribution is -2.42. The fourth-order valence-corrected chi connectivity index (χ4v) is 8.75. The number of ether oxygens (including phenoxy) is 13. The van der Waals surface area contributed by atoms with Gasteiger partial charge >= 0.3 is 0 Å². The second-order valence-electron chi connectivity index (χ2n) is 16.7. The molecule has 69 heavy (non-hydrogen) atoms. The van der Waals surface area contributed by atoms with Gasteiger partial charge in [-0.05, 0) is 89.2 Å². The maximum atomic E-state index is 12.2. The van der Waals surface area contributed by atoms with Crippen molar-refractivity contribution in [2.45, 2.75) is 103 Å². The predicted octanol–water partition coefficient (Wildman–Crippen LogP) is 7.66. The highest BCUT2D eigenvalue weighted by Gasteiger charge is 2.42. The lowest BCUT2D eigenvalue weighted by atomic mass is 9.77. The Morgan fingerprint density at radius 2 is 0.739 bits per heavy atom. The predicted molar refractivity (Wildman–Crippen MR) is 256 cm³/mol. The highest BCUT2D eigenvalue weighted by atomic mass is 16.6. The Morgan fingerprint density at radius 1 is 0.435 bits per heavy atom. The maximum Gasteiger partial charge on any atom is 0.269 e. The summed E-state index contributed by atoms with van der Waals surface area (Å²) in [6.07, 6.45) is 0.953. The third-order valence-corrected chi connectivity index (χ3v) is 12.1. The van der Waals surface area contributed by atoms with E-state index in [1.165, 1.54) is 12.1 Å². The van der Waals surface area contributed by atoms with Crippen LogP contribution < -0.4 is 0 Å². The van der Waals surface area contributed by atoms with Crippen LogP contribution in [0.2, 0.25) is 0 Å². The summed E-state index contributed by atoms with van der Waals surface area (Å²) in [4.78, 5) is 23.6. The van der Waals surface area contributed by atoms with Crippen molar-refractivity contribution >= 4 is 11.4 Å². The van der Waals surface area contributed by atoms with Crippen LogP contribution in [0.25, 0.3) is 0 Å². The fourth-order valence-electron chi connectivity index (χ4n) is 8.75. The molecule has 4 rings (SSSR count). The van der Waals surface area contributed by atoms with Crippen molar-refractivity contribution in [2.75, 3.05) is 132 Å². The quantitative estimate of drug-likeness (QED) is 0.0357. The molecule has 0 radical (unpaired) electrons. The van der Waals surface area contributed by atoms with Gasteiger partial charge in [-0.3, -0.25) is 20.2 Å². The molecule has 0 amide bonds. The molecule has 19 nitrogen and oxygen atoms in total. The molecule has 2 aromatic carbocycles. The van der Waals surface area contributed by atoms with Gasteiger partial charge in [0.15, 0.2) is 0 Å². The van der Waals surface area contributed by atoms with Gasteiger partial charge in [0.25, 0.3) is 11.4 Å². The summed E-state index contributed by atoms with van der Waals surface area (Å²) in [5, 5.41) is 24.5. The summed E-state index contributed by atoms with van der Waals surface area (Å²) < 4.78 is 78.1. The molecule has 0 saturated heterocycles. The summed E-state index contributed by atoms with van der Waals surface area (Å²) in [5.74, 6) is -0.384.